The molecule has 1 aliphatic heterocycles. The number of amides is 1. The summed E-state index contributed by atoms with van der Waals surface area (Å²) in [5, 5.41) is 10.2. The summed E-state index contributed by atoms with van der Waals surface area (Å²) in [6, 6.07) is 8.56. The maximum atomic E-state index is 12.7. The molecule has 1 unspecified atom stereocenters. The second-order valence-electron chi connectivity index (χ2n) is 7.71. The Hall–Kier alpha value is -1.90. The van der Waals surface area contributed by atoms with Gasteiger partial charge < -0.3 is 0 Å². The average molecular weight is 552 g/mol. The standard InChI is InChI=1S/C26H38IN3O2/c1-6-10-11-25(31)16-17-27(30-20-19-28(18-7-2)21-22(30)5)24-14-12-23(13-15-24)26(32)29(8-3)9-4/h6-7,10-17,22,31H,2,8-9,18-21H2,1,3-5H3/b10-6-,17-16+,25-11+. The summed E-state index contributed by atoms with van der Waals surface area (Å²) < 4.78 is 6.09. The number of benzene rings is 1. The number of nitrogens with zero attached hydrogens (tertiary/aromatic N) is 3. The zero-order chi connectivity index (χ0) is 23.5. The topological polar surface area (TPSA) is 47.0 Å². The van der Waals surface area contributed by atoms with Crippen molar-refractivity contribution >= 4 is 26.0 Å². The number of hydrogen-bond donors (Lipinski definition) is 1. The van der Waals surface area contributed by atoms with E-state index in [-0.39, 0.29) is 11.7 Å². The van der Waals surface area contributed by atoms with Crippen LogP contribution >= 0.6 is 20.1 Å². The second kappa shape index (κ2) is 13.6. The van der Waals surface area contributed by atoms with Gasteiger partial charge in [0.2, 0.25) is 0 Å². The minimum absolute atomic E-state index is 0.0794. The number of hydrogen-bond acceptors (Lipinski definition) is 4. The molecule has 0 radical (unpaired) electrons. The van der Waals surface area contributed by atoms with Crippen molar-refractivity contribution in [3.63, 3.8) is 0 Å². The van der Waals surface area contributed by atoms with Crippen molar-refractivity contribution in [2.75, 3.05) is 39.3 Å². The molecular formula is C26H38IN3O2. The summed E-state index contributed by atoms with van der Waals surface area (Å²) in [7, 11) is 0. The summed E-state index contributed by atoms with van der Waals surface area (Å²) >= 11 is -1.93. The SMILES string of the molecule is C=CCN1CCN(I(/C=C/C(O)=C\C=C/C)c2ccc(C(=O)N(CC)CC)cc2)C(C)C1. The average Bonchev–Trinajstić information content (AvgIpc) is 2.80. The molecule has 1 fully saturated rings. The molecule has 0 bridgehead atoms. The molecule has 1 heterocycles. The molecule has 0 saturated carbocycles. The van der Waals surface area contributed by atoms with Gasteiger partial charge in [0.1, 0.15) is 0 Å². The van der Waals surface area contributed by atoms with Crippen LogP contribution in [0.3, 0.4) is 0 Å². The van der Waals surface area contributed by atoms with E-state index in [0.717, 1.165) is 31.7 Å². The van der Waals surface area contributed by atoms with Crippen LogP contribution in [0.25, 0.3) is 0 Å². The molecule has 0 aromatic heterocycles. The fourth-order valence-electron chi connectivity index (χ4n) is 3.69. The van der Waals surface area contributed by atoms with E-state index >= 15 is 0 Å². The normalized spacial score (nSPS) is 18.9. The predicted molar refractivity (Wildman–Crippen MR) is 144 cm³/mol. The summed E-state index contributed by atoms with van der Waals surface area (Å²) in [6.45, 7) is 17.4. The zero-order valence-electron chi connectivity index (χ0n) is 19.9. The van der Waals surface area contributed by atoms with Gasteiger partial charge in [0.25, 0.3) is 0 Å². The van der Waals surface area contributed by atoms with Gasteiger partial charge in [-0.1, -0.05) is 0 Å². The molecule has 32 heavy (non-hydrogen) atoms. The van der Waals surface area contributed by atoms with E-state index in [4.69, 9.17) is 0 Å². The van der Waals surface area contributed by atoms with Gasteiger partial charge in [0, 0.05) is 0 Å². The van der Waals surface area contributed by atoms with Crippen LogP contribution in [0.2, 0.25) is 0 Å². The Morgan fingerprint density at radius 1 is 1.25 bits per heavy atom. The van der Waals surface area contributed by atoms with E-state index in [0.29, 0.717) is 19.1 Å². The number of carbonyl (C=O) groups excluding carboxylic acids is 1. The van der Waals surface area contributed by atoms with Gasteiger partial charge >= 0.3 is 202 Å². The van der Waals surface area contributed by atoms with Crippen LogP contribution in [0.1, 0.15) is 38.1 Å². The number of allylic oxidation sites excluding steroid dienone is 4. The van der Waals surface area contributed by atoms with Gasteiger partial charge in [-0.3, -0.25) is 0 Å². The molecule has 1 amide bonds. The summed E-state index contributed by atoms with van der Waals surface area (Å²) in [4.78, 5) is 17.0. The van der Waals surface area contributed by atoms with E-state index in [2.05, 4.69) is 37.7 Å². The molecule has 1 aliphatic rings. The summed E-state index contributed by atoms with van der Waals surface area (Å²) in [5.74, 6) is 0.340. The first-order valence-corrected chi connectivity index (χ1v) is 14.6. The monoisotopic (exact) mass is 551 g/mol. The number of halogens is 1. The Labute approximate surface area is 201 Å². The molecule has 1 atom stereocenters. The van der Waals surface area contributed by atoms with Crippen LogP contribution in [-0.2, 0) is 0 Å². The van der Waals surface area contributed by atoms with Crippen molar-refractivity contribution in [2.45, 2.75) is 33.7 Å². The van der Waals surface area contributed by atoms with Crippen LogP contribution in [0, 0.1) is 3.57 Å². The second-order valence-corrected chi connectivity index (χ2v) is 12.6. The fraction of sp³-hybridized carbons (Fsp3) is 0.423. The van der Waals surface area contributed by atoms with Crippen LogP contribution in [0.4, 0.5) is 0 Å². The number of piperazine rings is 1. The molecule has 1 N–H and O–H groups in total. The van der Waals surface area contributed by atoms with E-state index in [1.807, 2.05) is 62.1 Å². The van der Waals surface area contributed by atoms with Gasteiger partial charge in [0.05, 0.1) is 0 Å². The predicted octanol–water partition coefficient (Wildman–Crippen LogP) is 5.48. The first-order chi connectivity index (χ1) is 15.4. The van der Waals surface area contributed by atoms with E-state index in [1.165, 1.54) is 3.57 Å². The Morgan fingerprint density at radius 3 is 2.50 bits per heavy atom. The van der Waals surface area contributed by atoms with Crippen molar-refractivity contribution in [3.05, 3.63) is 80.2 Å². The van der Waals surface area contributed by atoms with Crippen molar-refractivity contribution in [1.82, 2.24) is 12.9 Å². The van der Waals surface area contributed by atoms with E-state index in [1.54, 1.807) is 6.08 Å². The molecule has 1 aromatic carbocycles. The number of aliphatic hydroxyl groups is 1. The molecule has 0 spiro atoms. The van der Waals surface area contributed by atoms with Gasteiger partial charge in [-0.05, 0) is 0 Å². The molecule has 5 nitrogen and oxygen atoms in total. The van der Waals surface area contributed by atoms with Crippen LogP contribution in [0.5, 0.6) is 0 Å². The van der Waals surface area contributed by atoms with Gasteiger partial charge in [0.15, 0.2) is 0 Å². The van der Waals surface area contributed by atoms with Gasteiger partial charge in [-0.15, -0.1) is 0 Å². The van der Waals surface area contributed by atoms with Crippen molar-refractivity contribution in [2.24, 2.45) is 0 Å². The molecule has 176 valence electrons. The fourth-order valence-corrected chi connectivity index (χ4v) is 8.98. The summed E-state index contributed by atoms with van der Waals surface area (Å²) in [6.07, 6.45) is 9.24. The third-order valence-corrected chi connectivity index (χ3v) is 11.2. The third-order valence-electron chi connectivity index (χ3n) is 5.43. The molecule has 1 saturated heterocycles. The van der Waals surface area contributed by atoms with Crippen LogP contribution < -0.4 is 0 Å². The Balaban J connectivity index is 2.31. The van der Waals surface area contributed by atoms with Crippen LogP contribution in [0.15, 0.2) is 71.1 Å². The molecule has 6 heteroatoms. The van der Waals surface area contributed by atoms with Gasteiger partial charge in [-0.2, -0.15) is 0 Å². The summed E-state index contributed by atoms with van der Waals surface area (Å²) in [5.41, 5.74) is 0.733. The van der Waals surface area contributed by atoms with E-state index in [9.17, 15) is 9.90 Å². The number of rotatable bonds is 10. The molecule has 1 aromatic rings. The maximum absolute atomic E-state index is 12.7. The quantitative estimate of drug-likeness (QED) is 0.138. The van der Waals surface area contributed by atoms with Crippen LogP contribution in [-0.4, -0.2) is 69.2 Å². The molecular weight excluding hydrogens is 513 g/mol. The van der Waals surface area contributed by atoms with Crippen molar-refractivity contribution in [1.29, 1.82) is 0 Å². The molecule has 0 aliphatic carbocycles. The number of aliphatic hydroxyl groups excluding tert-OH is 1. The Bertz CT molecular complexity index is 828. The Kier molecular flexibility index (Phi) is 11.2. The van der Waals surface area contributed by atoms with E-state index < -0.39 is 20.1 Å². The van der Waals surface area contributed by atoms with Crippen molar-refractivity contribution in [3.8, 4) is 0 Å². The Morgan fingerprint density at radius 2 is 1.94 bits per heavy atom. The first kappa shape index (κ1) is 26.4. The third kappa shape index (κ3) is 7.32. The zero-order valence-corrected chi connectivity index (χ0v) is 22.0. The molecule has 2 rings (SSSR count). The van der Waals surface area contributed by atoms with Crippen molar-refractivity contribution < 1.29 is 9.90 Å². The first-order valence-electron chi connectivity index (χ1n) is 11.3. The van der Waals surface area contributed by atoms with Gasteiger partial charge in [-0.25, -0.2) is 0 Å². The number of carbonyl (C=O) groups is 1. The minimum atomic E-state index is -1.93.